The predicted octanol–water partition coefficient (Wildman–Crippen LogP) is 1.90. The Hall–Kier alpha value is -2.31. The molecule has 7 nitrogen and oxygen atoms in total. The van der Waals surface area contributed by atoms with Gasteiger partial charge in [-0.25, -0.2) is 4.79 Å². The molecule has 0 aromatic heterocycles. The van der Waals surface area contributed by atoms with Gasteiger partial charge in [0.05, 0.1) is 0 Å². The Bertz CT molecular complexity index is 529. The monoisotopic (exact) mass is 365 g/mol. The summed E-state index contributed by atoms with van der Waals surface area (Å²) in [6, 6.07) is -0.653. The van der Waals surface area contributed by atoms with Crippen molar-refractivity contribution in [3.05, 3.63) is 24.3 Å². The number of alkyl carbamates (subject to hydrolysis) is 1. The van der Waals surface area contributed by atoms with Gasteiger partial charge >= 0.3 is 6.09 Å². The Morgan fingerprint density at radius 2 is 2.12 bits per heavy atom. The van der Waals surface area contributed by atoms with Crippen LogP contribution in [0.5, 0.6) is 0 Å². The molecule has 1 aliphatic heterocycles. The summed E-state index contributed by atoms with van der Waals surface area (Å²) in [5.41, 5.74) is 0. The first-order valence-corrected chi connectivity index (χ1v) is 9.20. The summed E-state index contributed by atoms with van der Waals surface area (Å²) in [5.74, 6) is -0.00820. The van der Waals surface area contributed by atoms with Crippen LogP contribution in [0.2, 0.25) is 0 Å². The summed E-state index contributed by atoms with van der Waals surface area (Å²) in [5, 5.41) is 8.21. The Labute approximate surface area is 155 Å². The number of nitrogens with one attached hydrogen (secondary N) is 3. The molecule has 3 amide bonds. The van der Waals surface area contributed by atoms with Crippen LogP contribution in [-0.2, 0) is 14.3 Å². The van der Waals surface area contributed by atoms with Gasteiger partial charge in [-0.2, -0.15) is 0 Å². The molecular formula is C19H31N3O4. The lowest BCUT2D eigenvalue weighted by molar-refractivity contribution is -0.125. The Balaban J connectivity index is 2.41. The SMILES string of the molecule is C/C=C\C=C\COC(=O)N[C@@H](CC(C)C)C(=O)NCCC1CCNC1=O. The van der Waals surface area contributed by atoms with E-state index in [0.717, 1.165) is 6.42 Å². The highest BCUT2D eigenvalue weighted by Gasteiger charge is 2.25. The van der Waals surface area contributed by atoms with Crippen molar-refractivity contribution in [2.24, 2.45) is 11.8 Å². The average Bonchev–Trinajstić information content (AvgIpc) is 2.98. The van der Waals surface area contributed by atoms with Gasteiger partial charge in [-0.3, -0.25) is 9.59 Å². The number of hydrogen-bond donors (Lipinski definition) is 3. The third-order valence-electron chi connectivity index (χ3n) is 4.02. The van der Waals surface area contributed by atoms with Crippen LogP contribution in [0.25, 0.3) is 0 Å². The molecule has 0 radical (unpaired) electrons. The molecule has 1 saturated heterocycles. The average molecular weight is 365 g/mol. The second kappa shape index (κ2) is 12.1. The van der Waals surface area contributed by atoms with Crippen LogP contribution >= 0.6 is 0 Å². The van der Waals surface area contributed by atoms with Crippen LogP contribution in [0.1, 0.15) is 40.0 Å². The molecule has 3 N–H and O–H groups in total. The fourth-order valence-electron chi connectivity index (χ4n) is 2.67. The zero-order valence-corrected chi connectivity index (χ0v) is 15.9. The summed E-state index contributed by atoms with van der Waals surface area (Å²) in [6.45, 7) is 7.11. The summed E-state index contributed by atoms with van der Waals surface area (Å²) < 4.78 is 5.05. The zero-order chi connectivity index (χ0) is 19.4. The van der Waals surface area contributed by atoms with Crippen LogP contribution in [-0.4, -0.2) is 43.6 Å². The van der Waals surface area contributed by atoms with E-state index < -0.39 is 12.1 Å². The van der Waals surface area contributed by atoms with Crippen molar-refractivity contribution in [3.8, 4) is 0 Å². The lowest BCUT2D eigenvalue weighted by Crippen LogP contribution is -2.48. The van der Waals surface area contributed by atoms with Crippen LogP contribution in [0.15, 0.2) is 24.3 Å². The maximum Gasteiger partial charge on any atom is 0.408 e. The summed E-state index contributed by atoms with van der Waals surface area (Å²) in [4.78, 5) is 35.8. The van der Waals surface area contributed by atoms with Crippen molar-refractivity contribution < 1.29 is 19.1 Å². The van der Waals surface area contributed by atoms with Crippen molar-refractivity contribution in [1.82, 2.24) is 16.0 Å². The standard InChI is InChI=1S/C19H31N3O4/c1-4-5-6-7-12-26-19(25)22-16(13-14(2)3)18(24)21-11-9-15-8-10-20-17(15)23/h4-7,14-16H,8-13H2,1-3H3,(H,20,23)(H,21,24)(H,22,25)/b5-4-,7-6+/t15?,16-/m0/s1. The van der Waals surface area contributed by atoms with Gasteiger partial charge in [0, 0.05) is 19.0 Å². The number of rotatable bonds is 10. The normalized spacial score (nSPS) is 18.3. The van der Waals surface area contributed by atoms with Crippen molar-refractivity contribution in [1.29, 1.82) is 0 Å². The fraction of sp³-hybridized carbons (Fsp3) is 0.632. The molecular weight excluding hydrogens is 334 g/mol. The summed E-state index contributed by atoms with van der Waals surface area (Å²) >= 11 is 0. The van der Waals surface area contributed by atoms with Gasteiger partial charge in [-0.15, -0.1) is 0 Å². The number of carbonyl (C=O) groups excluding carboxylic acids is 3. The van der Waals surface area contributed by atoms with E-state index in [4.69, 9.17) is 4.74 Å². The van der Waals surface area contributed by atoms with E-state index in [2.05, 4.69) is 16.0 Å². The first-order valence-electron chi connectivity index (χ1n) is 9.20. The fourth-order valence-corrected chi connectivity index (χ4v) is 2.67. The van der Waals surface area contributed by atoms with Crippen LogP contribution in [0.3, 0.4) is 0 Å². The minimum Gasteiger partial charge on any atom is -0.445 e. The number of carbonyl (C=O) groups is 3. The molecule has 0 bridgehead atoms. The van der Waals surface area contributed by atoms with Crippen molar-refractivity contribution in [2.45, 2.75) is 46.1 Å². The molecule has 1 unspecified atom stereocenters. The van der Waals surface area contributed by atoms with Crippen LogP contribution in [0, 0.1) is 11.8 Å². The molecule has 2 atom stereocenters. The smallest absolute Gasteiger partial charge is 0.408 e. The molecule has 1 fully saturated rings. The quantitative estimate of drug-likeness (QED) is 0.515. The van der Waals surface area contributed by atoms with Gasteiger partial charge in [0.2, 0.25) is 11.8 Å². The van der Waals surface area contributed by atoms with E-state index in [1.54, 1.807) is 12.2 Å². The molecule has 1 aliphatic rings. The van der Waals surface area contributed by atoms with Crippen molar-refractivity contribution >= 4 is 17.9 Å². The van der Waals surface area contributed by atoms with E-state index >= 15 is 0 Å². The van der Waals surface area contributed by atoms with E-state index in [9.17, 15) is 14.4 Å². The lowest BCUT2D eigenvalue weighted by Gasteiger charge is -2.20. The molecule has 0 aromatic carbocycles. The molecule has 146 valence electrons. The van der Waals surface area contributed by atoms with Gasteiger partial charge in [-0.1, -0.05) is 32.1 Å². The first kappa shape index (κ1) is 21.7. The predicted molar refractivity (Wildman–Crippen MR) is 100 cm³/mol. The second-order valence-electron chi connectivity index (χ2n) is 6.74. The maximum absolute atomic E-state index is 12.4. The van der Waals surface area contributed by atoms with Crippen LogP contribution in [0.4, 0.5) is 4.79 Å². The van der Waals surface area contributed by atoms with Gasteiger partial charge in [0.1, 0.15) is 12.6 Å². The molecule has 0 aliphatic carbocycles. The minimum atomic E-state index is -0.653. The van der Waals surface area contributed by atoms with Crippen molar-refractivity contribution in [3.63, 3.8) is 0 Å². The summed E-state index contributed by atoms with van der Waals surface area (Å²) in [7, 11) is 0. The third kappa shape index (κ3) is 8.69. The Kier molecular flexibility index (Phi) is 10.1. The molecule has 0 aromatic rings. The second-order valence-corrected chi connectivity index (χ2v) is 6.74. The van der Waals surface area contributed by atoms with Crippen molar-refractivity contribution in [2.75, 3.05) is 19.7 Å². The maximum atomic E-state index is 12.4. The van der Waals surface area contributed by atoms with Gasteiger partial charge in [-0.05, 0) is 38.2 Å². The van der Waals surface area contributed by atoms with Gasteiger partial charge in [0.15, 0.2) is 0 Å². The molecule has 0 saturated carbocycles. The van der Waals surface area contributed by atoms with E-state index in [1.807, 2.05) is 32.9 Å². The van der Waals surface area contributed by atoms with E-state index in [0.29, 0.717) is 25.9 Å². The zero-order valence-electron chi connectivity index (χ0n) is 15.9. The topological polar surface area (TPSA) is 96.5 Å². The van der Waals surface area contributed by atoms with E-state index in [-0.39, 0.29) is 30.3 Å². The number of ether oxygens (including phenoxy) is 1. The molecule has 26 heavy (non-hydrogen) atoms. The van der Waals surface area contributed by atoms with Gasteiger partial charge in [0.25, 0.3) is 0 Å². The number of hydrogen-bond acceptors (Lipinski definition) is 4. The number of amides is 3. The largest absolute Gasteiger partial charge is 0.445 e. The molecule has 1 rings (SSSR count). The molecule has 7 heteroatoms. The molecule has 1 heterocycles. The Morgan fingerprint density at radius 3 is 2.73 bits per heavy atom. The highest BCUT2D eigenvalue weighted by molar-refractivity contribution is 5.85. The van der Waals surface area contributed by atoms with Gasteiger partial charge < -0.3 is 20.7 Å². The lowest BCUT2D eigenvalue weighted by atomic mass is 10.0. The minimum absolute atomic E-state index is 0.0410. The molecule has 0 spiro atoms. The third-order valence-corrected chi connectivity index (χ3v) is 4.02. The number of allylic oxidation sites excluding steroid dienone is 3. The highest BCUT2D eigenvalue weighted by atomic mass is 16.5. The highest BCUT2D eigenvalue weighted by Crippen LogP contribution is 2.13. The van der Waals surface area contributed by atoms with E-state index in [1.165, 1.54) is 0 Å². The Morgan fingerprint density at radius 1 is 1.35 bits per heavy atom. The summed E-state index contributed by atoms with van der Waals surface area (Å²) in [6.07, 6.45) is 8.50. The first-order chi connectivity index (χ1) is 12.4. The van der Waals surface area contributed by atoms with Crippen LogP contribution < -0.4 is 16.0 Å².